The van der Waals surface area contributed by atoms with Crippen LogP contribution in [0.2, 0.25) is 0 Å². The highest BCUT2D eigenvalue weighted by atomic mass is 15.1. The molecule has 1 fully saturated rings. The molecule has 0 saturated heterocycles. The molecule has 1 aliphatic rings. The van der Waals surface area contributed by atoms with Gasteiger partial charge < -0.3 is 5.73 Å². The number of nitrogens with one attached hydrogen (secondary N) is 1. The van der Waals surface area contributed by atoms with E-state index in [0.29, 0.717) is 0 Å². The molecule has 72 valence electrons. The van der Waals surface area contributed by atoms with Gasteiger partial charge in [-0.1, -0.05) is 6.92 Å². The Labute approximate surface area is 78.7 Å². The monoisotopic (exact) mass is 179 g/mol. The van der Waals surface area contributed by atoms with Gasteiger partial charge in [0.05, 0.1) is 5.69 Å². The molecule has 0 amide bonds. The average Bonchev–Trinajstić information content (AvgIpc) is 2.90. The maximum absolute atomic E-state index is 5.59. The smallest absolute Gasteiger partial charge is 0.0688 e. The number of aromatic amines is 1. The van der Waals surface area contributed by atoms with Crippen LogP contribution in [0, 0.1) is 0 Å². The zero-order valence-electron chi connectivity index (χ0n) is 8.14. The van der Waals surface area contributed by atoms with Crippen molar-refractivity contribution in [2.24, 2.45) is 5.73 Å². The Morgan fingerprint density at radius 2 is 2.31 bits per heavy atom. The van der Waals surface area contributed by atoms with Crippen molar-refractivity contribution in [1.29, 1.82) is 0 Å². The number of hydrogen-bond acceptors (Lipinski definition) is 2. The Bertz CT molecular complexity index is 286. The number of hydrogen-bond donors (Lipinski definition) is 2. The third-order valence-electron chi connectivity index (χ3n) is 2.70. The van der Waals surface area contributed by atoms with Gasteiger partial charge in [0.2, 0.25) is 0 Å². The molecule has 1 aliphatic carbocycles. The first-order chi connectivity index (χ1) is 6.36. The Morgan fingerprint density at radius 1 is 1.54 bits per heavy atom. The lowest BCUT2D eigenvalue weighted by Gasteiger charge is -2.00. The molecule has 0 aliphatic heterocycles. The van der Waals surface area contributed by atoms with Gasteiger partial charge in [0.25, 0.3) is 0 Å². The van der Waals surface area contributed by atoms with E-state index in [0.717, 1.165) is 25.3 Å². The van der Waals surface area contributed by atoms with Gasteiger partial charge in [-0.05, 0) is 37.8 Å². The highest BCUT2D eigenvalue weighted by Crippen LogP contribution is 2.41. The summed E-state index contributed by atoms with van der Waals surface area (Å²) in [7, 11) is 0. The summed E-state index contributed by atoms with van der Waals surface area (Å²) in [6.45, 7) is 2.89. The van der Waals surface area contributed by atoms with Crippen molar-refractivity contribution in [1.82, 2.24) is 10.2 Å². The summed E-state index contributed by atoms with van der Waals surface area (Å²) in [5.74, 6) is 0.734. The second-order valence-corrected chi connectivity index (χ2v) is 3.73. The molecule has 2 rings (SSSR count). The van der Waals surface area contributed by atoms with Crippen LogP contribution in [0.3, 0.4) is 0 Å². The van der Waals surface area contributed by atoms with E-state index in [1.165, 1.54) is 29.8 Å². The highest BCUT2D eigenvalue weighted by molar-refractivity contribution is 5.31. The predicted molar refractivity (Wildman–Crippen MR) is 52.7 cm³/mol. The van der Waals surface area contributed by atoms with Gasteiger partial charge in [-0.2, -0.15) is 5.10 Å². The van der Waals surface area contributed by atoms with E-state index in [1.54, 1.807) is 0 Å². The average molecular weight is 179 g/mol. The molecule has 1 heterocycles. The van der Waals surface area contributed by atoms with E-state index < -0.39 is 0 Å². The quantitative estimate of drug-likeness (QED) is 0.733. The Morgan fingerprint density at radius 3 is 2.85 bits per heavy atom. The summed E-state index contributed by atoms with van der Waals surface area (Å²) in [4.78, 5) is 0. The SMILES string of the molecule is CCc1[nH]nc(C2CC2)c1CCN. The van der Waals surface area contributed by atoms with Gasteiger partial charge in [0.15, 0.2) is 0 Å². The van der Waals surface area contributed by atoms with E-state index in [1.807, 2.05) is 0 Å². The molecule has 13 heavy (non-hydrogen) atoms. The highest BCUT2D eigenvalue weighted by Gasteiger charge is 2.29. The molecule has 1 saturated carbocycles. The molecule has 3 N–H and O–H groups in total. The number of nitrogens with zero attached hydrogens (tertiary/aromatic N) is 1. The summed E-state index contributed by atoms with van der Waals surface area (Å²) < 4.78 is 0. The number of nitrogens with two attached hydrogens (primary N) is 1. The molecular weight excluding hydrogens is 162 g/mol. The van der Waals surface area contributed by atoms with Crippen LogP contribution >= 0.6 is 0 Å². The Hall–Kier alpha value is -0.830. The number of H-pyrrole nitrogens is 1. The zero-order chi connectivity index (χ0) is 9.26. The standard InChI is InChI=1S/C10H17N3/c1-2-9-8(5-6-11)10(13-12-9)7-3-4-7/h7H,2-6,11H2,1H3,(H,12,13). The summed E-state index contributed by atoms with van der Waals surface area (Å²) in [5.41, 5.74) is 9.57. The first kappa shape index (κ1) is 8.75. The molecular formula is C10H17N3. The minimum atomic E-state index is 0.728. The molecule has 0 bridgehead atoms. The van der Waals surface area contributed by atoms with Crippen molar-refractivity contribution in [2.75, 3.05) is 6.54 Å². The van der Waals surface area contributed by atoms with Gasteiger partial charge in [-0.25, -0.2) is 0 Å². The molecule has 0 radical (unpaired) electrons. The lowest BCUT2D eigenvalue weighted by atomic mass is 10.1. The minimum Gasteiger partial charge on any atom is -0.330 e. The first-order valence-corrected chi connectivity index (χ1v) is 5.12. The van der Waals surface area contributed by atoms with Crippen LogP contribution in [0.1, 0.15) is 42.6 Å². The maximum Gasteiger partial charge on any atom is 0.0688 e. The lowest BCUT2D eigenvalue weighted by molar-refractivity contribution is 0.910. The predicted octanol–water partition coefficient (Wildman–Crippen LogP) is 1.35. The third kappa shape index (κ3) is 1.61. The van der Waals surface area contributed by atoms with Crippen LogP contribution in [0.25, 0.3) is 0 Å². The fraction of sp³-hybridized carbons (Fsp3) is 0.700. The summed E-state index contributed by atoms with van der Waals surface area (Å²) in [6, 6.07) is 0. The molecule has 0 spiro atoms. The maximum atomic E-state index is 5.59. The number of aryl methyl sites for hydroxylation is 1. The number of rotatable bonds is 4. The topological polar surface area (TPSA) is 54.7 Å². The molecule has 0 atom stereocenters. The van der Waals surface area contributed by atoms with Crippen LogP contribution < -0.4 is 5.73 Å². The van der Waals surface area contributed by atoms with Crippen molar-refractivity contribution < 1.29 is 0 Å². The Kier molecular flexibility index (Phi) is 2.36. The molecule has 3 nitrogen and oxygen atoms in total. The molecule has 0 aromatic carbocycles. The van der Waals surface area contributed by atoms with E-state index in [4.69, 9.17) is 5.73 Å². The zero-order valence-corrected chi connectivity index (χ0v) is 8.14. The van der Waals surface area contributed by atoms with E-state index in [-0.39, 0.29) is 0 Å². The second kappa shape index (κ2) is 3.50. The van der Waals surface area contributed by atoms with Gasteiger partial charge in [0.1, 0.15) is 0 Å². The van der Waals surface area contributed by atoms with Crippen LogP contribution in [-0.4, -0.2) is 16.7 Å². The van der Waals surface area contributed by atoms with Gasteiger partial charge in [-0.15, -0.1) is 0 Å². The third-order valence-corrected chi connectivity index (χ3v) is 2.70. The van der Waals surface area contributed by atoms with Crippen molar-refractivity contribution in [2.45, 2.75) is 38.5 Å². The van der Waals surface area contributed by atoms with Crippen LogP contribution in [-0.2, 0) is 12.8 Å². The fourth-order valence-corrected chi connectivity index (χ4v) is 1.83. The fourth-order valence-electron chi connectivity index (χ4n) is 1.83. The van der Waals surface area contributed by atoms with E-state index in [9.17, 15) is 0 Å². The molecule has 1 aromatic rings. The first-order valence-electron chi connectivity index (χ1n) is 5.12. The lowest BCUT2D eigenvalue weighted by Crippen LogP contribution is -2.05. The van der Waals surface area contributed by atoms with Crippen LogP contribution in [0.5, 0.6) is 0 Å². The minimum absolute atomic E-state index is 0.728. The largest absolute Gasteiger partial charge is 0.330 e. The van der Waals surface area contributed by atoms with Crippen LogP contribution in [0.4, 0.5) is 0 Å². The van der Waals surface area contributed by atoms with Crippen molar-refractivity contribution in [3.8, 4) is 0 Å². The van der Waals surface area contributed by atoms with Crippen LogP contribution in [0.15, 0.2) is 0 Å². The van der Waals surface area contributed by atoms with Crippen molar-refractivity contribution in [3.05, 3.63) is 17.0 Å². The van der Waals surface area contributed by atoms with Gasteiger partial charge >= 0.3 is 0 Å². The van der Waals surface area contributed by atoms with E-state index in [2.05, 4.69) is 17.1 Å². The summed E-state index contributed by atoms with van der Waals surface area (Å²) in [6.07, 6.45) is 4.64. The van der Waals surface area contributed by atoms with E-state index >= 15 is 0 Å². The summed E-state index contributed by atoms with van der Waals surface area (Å²) in [5, 5.41) is 7.51. The normalized spacial score (nSPS) is 16.5. The van der Waals surface area contributed by atoms with Crippen molar-refractivity contribution >= 4 is 0 Å². The van der Waals surface area contributed by atoms with Gasteiger partial charge in [0, 0.05) is 11.6 Å². The second-order valence-electron chi connectivity index (χ2n) is 3.73. The number of aromatic nitrogens is 2. The van der Waals surface area contributed by atoms with Gasteiger partial charge in [-0.3, -0.25) is 5.10 Å². The molecule has 0 unspecified atom stereocenters. The Balaban J connectivity index is 2.26. The summed E-state index contributed by atoms with van der Waals surface area (Å²) >= 11 is 0. The molecule has 3 heteroatoms. The van der Waals surface area contributed by atoms with Crippen molar-refractivity contribution in [3.63, 3.8) is 0 Å². The molecule has 1 aromatic heterocycles.